The van der Waals surface area contributed by atoms with E-state index < -0.39 is 10.3 Å². The van der Waals surface area contributed by atoms with Gasteiger partial charge in [-0.25, -0.2) is 0 Å². The molecule has 5 heteroatoms. The number of thioether (sulfide) groups is 1. The summed E-state index contributed by atoms with van der Waals surface area (Å²) in [6.07, 6.45) is 8.79. The number of ketones is 1. The molecule has 4 aliphatic rings. The molecule has 2 unspecified atom stereocenters. The van der Waals surface area contributed by atoms with Gasteiger partial charge in [-0.05, 0) is 31.1 Å². The van der Waals surface area contributed by atoms with E-state index in [2.05, 4.69) is 0 Å². The Labute approximate surface area is 129 Å². The zero-order valence-corrected chi connectivity index (χ0v) is 13.0. The largest absolute Gasteiger partial charge is 0.300 e. The molecule has 4 rings (SSSR count). The van der Waals surface area contributed by atoms with Crippen molar-refractivity contribution < 1.29 is 9.59 Å². The normalized spacial score (nSPS) is 39.0. The molecule has 2 fully saturated rings. The van der Waals surface area contributed by atoms with Crippen LogP contribution >= 0.6 is 11.8 Å². The number of nitrogens with zero attached hydrogens (tertiary/aromatic N) is 2. The number of amides is 1. The average molecular weight is 304 g/mol. The minimum absolute atomic E-state index is 0.199. The molecule has 112 valence electrons. The first-order chi connectivity index (χ1) is 10.2. The Bertz CT molecular complexity index is 571. The van der Waals surface area contributed by atoms with Crippen LogP contribution in [0.5, 0.6) is 0 Å². The van der Waals surface area contributed by atoms with E-state index in [1.54, 1.807) is 11.8 Å². The van der Waals surface area contributed by atoms with Gasteiger partial charge in [-0.3, -0.25) is 19.5 Å². The fourth-order valence-electron chi connectivity index (χ4n) is 4.19. The van der Waals surface area contributed by atoms with E-state index in [1.165, 1.54) is 0 Å². The SMILES string of the molecule is O=C1CCCC23C=CSC2(C1)N=C1CCCCCN1C3=O. The number of aliphatic imine (C=N–C) groups is 1. The van der Waals surface area contributed by atoms with Crippen molar-refractivity contribution in [3.8, 4) is 0 Å². The van der Waals surface area contributed by atoms with Gasteiger partial charge in [0.1, 0.15) is 21.9 Å². The van der Waals surface area contributed by atoms with E-state index in [-0.39, 0.29) is 11.7 Å². The quantitative estimate of drug-likeness (QED) is 0.691. The standard InChI is InChI=1S/C16H20N2O2S/c19-12-5-4-7-15-8-10-21-16(15,11-12)17-13-6-2-1-3-9-18(13)14(15)20/h8,10H,1-7,9,11H2. The predicted octanol–water partition coefficient (Wildman–Crippen LogP) is 2.89. The van der Waals surface area contributed by atoms with Crippen molar-refractivity contribution in [1.82, 2.24) is 4.90 Å². The van der Waals surface area contributed by atoms with Crippen molar-refractivity contribution in [2.24, 2.45) is 10.4 Å². The van der Waals surface area contributed by atoms with Crippen LogP contribution in [0.25, 0.3) is 0 Å². The van der Waals surface area contributed by atoms with Gasteiger partial charge in [-0.15, -0.1) is 11.8 Å². The Hall–Kier alpha value is -1.10. The number of carbonyl (C=O) groups excluding carboxylic acids is 2. The van der Waals surface area contributed by atoms with Crippen molar-refractivity contribution in [2.45, 2.75) is 56.2 Å². The lowest BCUT2D eigenvalue weighted by atomic mass is 9.73. The maximum Gasteiger partial charge on any atom is 0.241 e. The first-order valence-electron chi connectivity index (χ1n) is 7.95. The highest BCUT2D eigenvalue weighted by atomic mass is 32.2. The van der Waals surface area contributed by atoms with Gasteiger partial charge in [0.05, 0.1) is 0 Å². The van der Waals surface area contributed by atoms with Crippen LogP contribution in [0.1, 0.15) is 51.4 Å². The summed E-state index contributed by atoms with van der Waals surface area (Å²) in [4.78, 5) is 31.8. The van der Waals surface area contributed by atoms with Crippen molar-refractivity contribution in [3.63, 3.8) is 0 Å². The third-order valence-corrected chi connectivity index (χ3v) is 6.57. The number of amidine groups is 1. The fourth-order valence-corrected chi connectivity index (χ4v) is 5.58. The summed E-state index contributed by atoms with van der Waals surface area (Å²) in [7, 11) is 0. The highest BCUT2D eigenvalue weighted by molar-refractivity contribution is 8.03. The van der Waals surface area contributed by atoms with Crippen LogP contribution < -0.4 is 0 Å². The van der Waals surface area contributed by atoms with Crippen molar-refractivity contribution in [3.05, 3.63) is 11.5 Å². The van der Waals surface area contributed by atoms with Crippen LogP contribution in [0.15, 0.2) is 16.5 Å². The molecule has 1 aliphatic carbocycles. The van der Waals surface area contributed by atoms with E-state index in [9.17, 15) is 9.59 Å². The fraction of sp³-hybridized carbons (Fsp3) is 0.688. The molecule has 0 aromatic heterocycles. The molecule has 1 saturated carbocycles. The first kappa shape index (κ1) is 13.6. The van der Waals surface area contributed by atoms with Crippen LogP contribution in [0, 0.1) is 5.41 Å². The lowest BCUT2D eigenvalue weighted by molar-refractivity contribution is -0.138. The Morgan fingerprint density at radius 1 is 1.14 bits per heavy atom. The Balaban J connectivity index is 1.87. The minimum Gasteiger partial charge on any atom is -0.300 e. The molecule has 1 amide bonds. The molecule has 0 aromatic rings. The molecule has 3 heterocycles. The maximum atomic E-state index is 13.3. The molecular formula is C16H20N2O2S. The Kier molecular flexibility index (Phi) is 3.03. The first-order valence-corrected chi connectivity index (χ1v) is 8.83. The van der Waals surface area contributed by atoms with Gasteiger partial charge >= 0.3 is 0 Å². The van der Waals surface area contributed by atoms with Crippen LogP contribution in [0.3, 0.4) is 0 Å². The van der Waals surface area contributed by atoms with Gasteiger partial charge in [0.2, 0.25) is 5.91 Å². The summed E-state index contributed by atoms with van der Waals surface area (Å²) in [5.41, 5.74) is -0.572. The van der Waals surface area contributed by atoms with Crippen LogP contribution in [0.4, 0.5) is 0 Å². The molecule has 4 nitrogen and oxygen atoms in total. The Morgan fingerprint density at radius 2 is 2.05 bits per heavy atom. The Morgan fingerprint density at radius 3 is 2.95 bits per heavy atom. The highest BCUT2D eigenvalue weighted by Gasteiger charge is 2.63. The van der Waals surface area contributed by atoms with Crippen LogP contribution in [-0.4, -0.2) is 33.8 Å². The predicted molar refractivity (Wildman–Crippen MR) is 83.0 cm³/mol. The van der Waals surface area contributed by atoms with Crippen molar-refractivity contribution in [2.75, 3.05) is 6.54 Å². The second-order valence-electron chi connectivity index (χ2n) is 6.54. The number of hydrogen-bond acceptors (Lipinski definition) is 4. The molecular weight excluding hydrogens is 284 g/mol. The van der Waals surface area contributed by atoms with Gasteiger partial charge in [-0.2, -0.15) is 0 Å². The molecule has 1 saturated heterocycles. The lowest BCUT2D eigenvalue weighted by Gasteiger charge is -2.47. The van der Waals surface area contributed by atoms with Crippen LogP contribution in [0.2, 0.25) is 0 Å². The van der Waals surface area contributed by atoms with Gasteiger partial charge in [-0.1, -0.05) is 12.5 Å². The van der Waals surface area contributed by atoms with Gasteiger partial charge in [0.25, 0.3) is 0 Å². The summed E-state index contributed by atoms with van der Waals surface area (Å²) < 4.78 is 0. The molecule has 0 spiro atoms. The summed E-state index contributed by atoms with van der Waals surface area (Å²) in [5.74, 6) is 1.39. The average Bonchev–Trinajstić information content (AvgIpc) is 2.61. The zero-order valence-electron chi connectivity index (χ0n) is 12.1. The third kappa shape index (κ3) is 1.79. The molecule has 0 radical (unpaired) electrons. The molecule has 0 bridgehead atoms. The highest BCUT2D eigenvalue weighted by Crippen LogP contribution is 2.60. The van der Waals surface area contributed by atoms with E-state index in [1.807, 2.05) is 16.4 Å². The van der Waals surface area contributed by atoms with Gasteiger partial charge in [0.15, 0.2) is 0 Å². The maximum absolute atomic E-state index is 13.3. The number of carbonyl (C=O) groups is 2. The molecule has 0 aromatic carbocycles. The van der Waals surface area contributed by atoms with Gasteiger partial charge < -0.3 is 0 Å². The second kappa shape index (κ2) is 4.70. The van der Waals surface area contributed by atoms with E-state index >= 15 is 0 Å². The zero-order chi connectivity index (χ0) is 14.5. The smallest absolute Gasteiger partial charge is 0.241 e. The molecule has 0 N–H and O–H groups in total. The van der Waals surface area contributed by atoms with E-state index in [0.717, 1.165) is 50.9 Å². The number of rotatable bonds is 0. The number of fused-ring (bicyclic) bond motifs is 1. The third-order valence-electron chi connectivity index (χ3n) is 5.31. The van der Waals surface area contributed by atoms with Crippen LogP contribution in [-0.2, 0) is 9.59 Å². The van der Waals surface area contributed by atoms with Gasteiger partial charge in [0, 0.05) is 25.8 Å². The monoisotopic (exact) mass is 304 g/mol. The lowest BCUT2D eigenvalue weighted by Crippen LogP contribution is -2.59. The summed E-state index contributed by atoms with van der Waals surface area (Å²) in [6.45, 7) is 0.794. The molecule has 3 aliphatic heterocycles. The second-order valence-corrected chi connectivity index (χ2v) is 7.72. The summed E-state index contributed by atoms with van der Waals surface area (Å²) in [6, 6.07) is 0. The van der Waals surface area contributed by atoms with E-state index in [4.69, 9.17) is 4.99 Å². The number of hydrogen-bond donors (Lipinski definition) is 0. The summed E-state index contributed by atoms with van der Waals surface area (Å²) >= 11 is 1.60. The van der Waals surface area contributed by atoms with E-state index in [0.29, 0.717) is 12.8 Å². The summed E-state index contributed by atoms with van der Waals surface area (Å²) in [5, 5.41) is 2.01. The molecule has 2 atom stereocenters. The van der Waals surface area contributed by atoms with Crippen molar-refractivity contribution in [1.29, 1.82) is 0 Å². The van der Waals surface area contributed by atoms with Crippen molar-refractivity contribution >= 4 is 29.3 Å². The topological polar surface area (TPSA) is 49.7 Å². The number of Topliss-reactive ketones (excluding diaryl/α,β-unsaturated/α-hetero) is 1. The molecule has 21 heavy (non-hydrogen) atoms. The minimum atomic E-state index is -0.576.